The minimum atomic E-state index is 0. The van der Waals surface area contributed by atoms with E-state index >= 15 is 0 Å². The maximum absolute atomic E-state index is 9.53. The number of pyridine rings is 1. The van der Waals surface area contributed by atoms with Crippen molar-refractivity contribution >= 4 is 35.6 Å². The highest BCUT2D eigenvalue weighted by Gasteiger charge is 2.14. The van der Waals surface area contributed by atoms with Crippen LogP contribution in [0.5, 0.6) is 0 Å². The SMILES string of the molecule is Cl.N#Cc1c(Cn2cncn2)ccnc1-c1ccc(Cl)cc1Cl. The van der Waals surface area contributed by atoms with E-state index in [0.29, 0.717) is 33.4 Å². The van der Waals surface area contributed by atoms with E-state index in [1.165, 1.54) is 6.33 Å². The largest absolute Gasteiger partial charge is 0.255 e. The summed E-state index contributed by atoms with van der Waals surface area (Å²) in [6.45, 7) is 0.434. The van der Waals surface area contributed by atoms with Crippen molar-refractivity contribution in [2.75, 3.05) is 0 Å². The van der Waals surface area contributed by atoms with Crippen LogP contribution in [0.25, 0.3) is 11.3 Å². The first kappa shape index (κ1) is 17.2. The quantitative estimate of drug-likeness (QED) is 0.703. The molecule has 3 aromatic rings. The van der Waals surface area contributed by atoms with Crippen molar-refractivity contribution in [2.45, 2.75) is 6.54 Å². The lowest BCUT2D eigenvalue weighted by atomic mass is 10.0. The van der Waals surface area contributed by atoms with E-state index in [9.17, 15) is 5.26 Å². The molecule has 0 N–H and O–H groups in total. The number of hydrogen-bond donors (Lipinski definition) is 0. The van der Waals surface area contributed by atoms with Crippen molar-refractivity contribution in [3.8, 4) is 17.3 Å². The zero-order valence-corrected chi connectivity index (χ0v) is 14.0. The van der Waals surface area contributed by atoms with Crippen molar-refractivity contribution in [2.24, 2.45) is 0 Å². The first-order chi connectivity index (χ1) is 10.7. The maximum Gasteiger partial charge on any atom is 0.137 e. The fourth-order valence-electron chi connectivity index (χ4n) is 2.13. The standard InChI is InChI=1S/C15H9Cl2N5.ClH/c16-11-1-2-12(14(17)5-11)15-13(6-18)10(3-4-20-15)7-22-9-19-8-21-22;/h1-5,8-9H,7H2;1H. The van der Waals surface area contributed by atoms with Gasteiger partial charge >= 0.3 is 0 Å². The number of hydrogen-bond acceptors (Lipinski definition) is 4. The van der Waals surface area contributed by atoms with Crippen LogP contribution >= 0.6 is 35.6 Å². The van der Waals surface area contributed by atoms with Gasteiger partial charge in [-0.05, 0) is 29.8 Å². The van der Waals surface area contributed by atoms with Crippen LogP contribution in [0.15, 0.2) is 43.1 Å². The van der Waals surface area contributed by atoms with E-state index in [-0.39, 0.29) is 12.4 Å². The van der Waals surface area contributed by atoms with Crippen molar-refractivity contribution in [3.05, 3.63) is 64.3 Å². The average Bonchev–Trinajstić information content (AvgIpc) is 3.00. The highest BCUT2D eigenvalue weighted by atomic mass is 35.5. The van der Waals surface area contributed by atoms with E-state index in [1.807, 2.05) is 0 Å². The third kappa shape index (κ3) is 3.62. The van der Waals surface area contributed by atoms with E-state index < -0.39 is 0 Å². The number of nitriles is 1. The minimum absolute atomic E-state index is 0. The second-order valence-electron chi connectivity index (χ2n) is 4.52. The van der Waals surface area contributed by atoms with Crippen LogP contribution < -0.4 is 0 Å². The fourth-order valence-corrected chi connectivity index (χ4v) is 2.63. The lowest BCUT2D eigenvalue weighted by Crippen LogP contribution is -2.04. The molecule has 0 saturated carbocycles. The first-order valence-electron chi connectivity index (χ1n) is 6.35. The molecule has 0 amide bonds. The molecule has 23 heavy (non-hydrogen) atoms. The van der Waals surface area contributed by atoms with Crippen molar-refractivity contribution in [1.29, 1.82) is 5.26 Å². The molecule has 3 rings (SSSR count). The van der Waals surface area contributed by atoms with Crippen LogP contribution in [-0.2, 0) is 6.54 Å². The highest BCUT2D eigenvalue weighted by molar-refractivity contribution is 6.36. The summed E-state index contributed by atoms with van der Waals surface area (Å²) < 4.78 is 1.64. The predicted molar refractivity (Wildman–Crippen MR) is 90.8 cm³/mol. The molecule has 0 aliphatic rings. The van der Waals surface area contributed by atoms with Crippen LogP contribution in [0.3, 0.4) is 0 Å². The van der Waals surface area contributed by atoms with E-state index in [2.05, 4.69) is 21.1 Å². The smallest absolute Gasteiger partial charge is 0.137 e. The molecule has 0 radical (unpaired) electrons. The number of aromatic nitrogens is 4. The summed E-state index contributed by atoms with van der Waals surface area (Å²) in [6.07, 6.45) is 4.69. The summed E-state index contributed by atoms with van der Waals surface area (Å²) in [6, 6.07) is 9.09. The normalized spacial score (nSPS) is 9.96. The zero-order valence-electron chi connectivity index (χ0n) is 11.6. The molecule has 0 fully saturated rings. The summed E-state index contributed by atoms with van der Waals surface area (Å²) in [7, 11) is 0. The van der Waals surface area contributed by atoms with Gasteiger partial charge in [0.05, 0.1) is 22.8 Å². The van der Waals surface area contributed by atoms with Crippen LogP contribution in [0, 0.1) is 11.3 Å². The lowest BCUT2D eigenvalue weighted by molar-refractivity contribution is 0.683. The Morgan fingerprint density at radius 3 is 2.70 bits per heavy atom. The van der Waals surface area contributed by atoms with E-state index in [0.717, 1.165) is 5.56 Å². The number of benzene rings is 1. The second-order valence-corrected chi connectivity index (χ2v) is 5.37. The molecule has 0 aliphatic carbocycles. The molecule has 0 atom stereocenters. The van der Waals surface area contributed by atoms with Gasteiger partial charge in [0.15, 0.2) is 0 Å². The third-order valence-corrected chi connectivity index (χ3v) is 3.68. The number of halogens is 3. The summed E-state index contributed by atoms with van der Waals surface area (Å²) >= 11 is 12.1. The van der Waals surface area contributed by atoms with Crippen LogP contribution in [-0.4, -0.2) is 19.7 Å². The van der Waals surface area contributed by atoms with Gasteiger partial charge in [-0.1, -0.05) is 23.2 Å². The van der Waals surface area contributed by atoms with Gasteiger partial charge in [-0.15, -0.1) is 12.4 Å². The molecule has 5 nitrogen and oxygen atoms in total. The summed E-state index contributed by atoms with van der Waals surface area (Å²) in [5.41, 5.74) is 2.45. The Kier molecular flexibility index (Phi) is 5.56. The molecule has 116 valence electrons. The second kappa shape index (κ2) is 7.42. The van der Waals surface area contributed by atoms with Crippen molar-refractivity contribution < 1.29 is 0 Å². The summed E-state index contributed by atoms with van der Waals surface area (Å²) in [5.74, 6) is 0. The lowest BCUT2D eigenvalue weighted by Gasteiger charge is -2.10. The molecule has 0 bridgehead atoms. The van der Waals surface area contributed by atoms with Gasteiger partial charge in [0, 0.05) is 16.8 Å². The molecule has 0 spiro atoms. The Labute approximate surface area is 148 Å². The van der Waals surface area contributed by atoms with Gasteiger partial charge in [0.2, 0.25) is 0 Å². The van der Waals surface area contributed by atoms with Crippen LogP contribution in [0.4, 0.5) is 0 Å². The fraction of sp³-hybridized carbons (Fsp3) is 0.0667. The Morgan fingerprint density at radius 1 is 1.22 bits per heavy atom. The molecule has 2 aromatic heterocycles. The van der Waals surface area contributed by atoms with Crippen LogP contribution in [0.2, 0.25) is 10.0 Å². The molecule has 2 heterocycles. The Hall–Kier alpha value is -2.13. The van der Waals surface area contributed by atoms with Crippen molar-refractivity contribution in [1.82, 2.24) is 19.7 Å². The topological polar surface area (TPSA) is 67.4 Å². The van der Waals surface area contributed by atoms with Gasteiger partial charge in [0.1, 0.15) is 18.7 Å². The minimum Gasteiger partial charge on any atom is -0.255 e. The molecular weight excluding hydrogens is 357 g/mol. The summed E-state index contributed by atoms with van der Waals surface area (Å²) in [5, 5.41) is 14.6. The Morgan fingerprint density at radius 2 is 2.04 bits per heavy atom. The van der Waals surface area contributed by atoms with Gasteiger partial charge < -0.3 is 0 Å². The van der Waals surface area contributed by atoms with E-state index in [1.54, 1.807) is 41.5 Å². The predicted octanol–water partition coefficient (Wildman–Crippen LogP) is 3.99. The van der Waals surface area contributed by atoms with E-state index in [4.69, 9.17) is 23.2 Å². The highest BCUT2D eigenvalue weighted by Crippen LogP contribution is 2.32. The average molecular weight is 367 g/mol. The van der Waals surface area contributed by atoms with Crippen molar-refractivity contribution in [3.63, 3.8) is 0 Å². The van der Waals surface area contributed by atoms with Crippen LogP contribution in [0.1, 0.15) is 11.1 Å². The zero-order chi connectivity index (χ0) is 15.5. The Balaban J connectivity index is 0.00000192. The monoisotopic (exact) mass is 365 g/mol. The summed E-state index contributed by atoms with van der Waals surface area (Å²) in [4.78, 5) is 8.20. The maximum atomic E-state index is 9.53. The molecule has 8 heteroatoms. The van der Waals surface area contributed by atoms with Gasteiger partial charge in [-0.25, -0.2) is 9.67 Å². The Bertz CT molecular complexity index is 856. The van der Waals surface area contributed by atoms with Gasteiger partial charge in [0.25, 0.3) is 0 Å². The number of rotatable bonds is 3. The molecule has 0 saturated heterocycles. The third-order valence-electron chi connectivity index (χ3n) is 3.13. The molecular formula is C15H10Cl3N5. The molecule has 0 aliphatic heterocycles. The molecule has 0 unspecified atom stereocenters. The van der Waals surface area contributed by atoms with Gasteiger partial charge in [-0.2, -0.15) is 10.4 Å². The van der Waals surface area contributed by atoms with Gasteiger partial charge in [-0.3, -0.25) is 4.98 Å². The molecule has 1 aromatic carbocycles. The number of nitrogens with zero attached hydrogens (tertiary/aromatic N) is 5. The first-order valence-corrected chi connectivity index (χ1v) is 7.10.